The average Bonchev–Trinajstić information content (AvgIpc) is 3.18. The highest BCUT2D eigenvalue weighted by Crippen LogP contribution is 2.44. The van der Waals surface area contributed by atoms with Crippen LogP contribution in [0.5, 0.6) is 0 Å². The molecule has 0 bridgehead atoms. The van der Waals surface area contributed by atoms with Crippen molar-refractivity contribution in [2.24, 2.45) is 5.41 Å². The maximum absolute atomic E-state index is 9.05. The van der Waals surface area contributed by atoms with Gasteiger partial charge >= 0.3 is 0 Å². The molecule has 2 aromatic rings. The van der Waals surface area contributed by atoms with Crippen molar-refractivity contribution in [3.63, 3.8) is 0 Å². The Labute approximate surface area is 197 Å². The fraction of sp³-hybridized carbons (Fsp3) is 0.593. The summed E-state index contributed by atoms with van der Waals surface area (Å²) in [7, 11) is 0. The SMILES string of the molecule is CC1(C)CC=C(c2nc(C3CC(C)(C)OC(C)(C)C3)ccc2NCc2ncc(C#N)[nH]2)CC1. The molecule has 0 spiro atoms. The van der Waals surface area contributed by atoms with E-state index in [1.807, 2.05) is 0 Å². The lowest BCUT2D eigenvalue weighted by atomic mass is 9.77. The molecule has 1 fully saturated rings. The van der Waals surface area contributed by atoms with Crippen LogP contribution in [0.25, 0.3) is 5.57 Å². The number of anilines is 1. The fourth-order valence-electron chi connectivity index (χ4n) is 5.37. The minimum absolute atomic E-state index is 0.170. The molecule has 0 aromatic carbocycles. The number of H-pyrrole nitrogens is 1. The van der Waals surface area contributed by atoms with E-state index in [0.717, 1.165) is 55.0 Å². The van der Waals surface area contributed by atoms with Gasteiger partial charge in [0.15, 0.2) is 0 Å². The van der Waals surface area contributed by atoms with Crippen molar-refractivity contribution in [2.45, 2.75) is 97.3 Å². The van der Waals surface area contributed by atoms with Gasteiger partial charge in [-0.25, -0.2) is 4.98 Å². The van der Waals surface area contributed by atoms with Crippen molar-refractivity contribution in [3.8, 4) is 6.07 Å². The Morgan fingerprint density at radius 2 is 1.88 bits per heavy atom. The van der Waals surface area contributed by atoms with Crippen LogP contribution in [0.4, 0.5) is 5.69 Å². The van der Waals surface area contributed by atoms with Crippen LogP contribution in [0.2, 0.25) is 0 Å². The maximum atomic E-state index is 9.05. The standard InChI is InChI=1S/C27H37N5O/c1-25(2)11-9-18(10-12-25)24-22(29-17-23-30-16-20(15-28)31-23)8-7-21(32-24)19-13-26(3,4)33-27(5,6)14-19/h7-9,16,19,29H,10-14,17H2,1-6H3,(H,30,31). The third-order valence-electron chi connectivity index (χ3n) is 6.84. The third kappa shape index (κ3) is 5.65. The summed E-state index contributed by atoms with van der Waals surface area (Å²) in [6, 6.07) is 6.44. The zero-order valence-corrected chi connectivity index (χ0v) is 20.9. The molecule has 0 radical (unpaired) electrons. The summed E-state index contributed by atoms with van der Waals surface area (Å²) in [5, 5.41) is 12.6. The molecule has 2 N–H and O–H groups in total. The summed E-state index contributed by atoms with van der Waals surface area (Å²) < 4.78 is 6.32. The number of aromatic nitrogens is 3. The Balaban J connectivity index is 1.65. The Bertz CT molecular complexity index is 1070. The highest BCUT2D eigenvalue weighted by Gasteiger charge is 2.40. The highest BCUT2D eigenvalue weighted by atomic mass is 16.5. The first-order valence-corrected chi connectivity index (χ1v) is 12.0. The van der Waals surface area contributed by atoms with Gasteiger partial charge in [-0.2, -0.15) is 5.26 Å². The minimum atomic E-state index is -0.170. The fourth-order valence-corrected chi connectivity index (χ4v) is 5.37. The first kappa shape index (κ1) is 23.5. The third-order valence-corrected chi connectivity index (χ3v) is 6.84. The van der Waals surface area contributed by atoms with Gasteiger partial charge < -0.3 is 15.0 Å². The smallest absolute Gasteiger partial charge is 0.137 e. The molecular weight excluding hydrogens is 410 g/mol. The van der Waals surface area contributed by atoms with Crippen molar-refractivity contribution < 1.29 is 4.74 Å². The molecule has 176 valence electrons. The number of imidazole rings is 1. The molecule has 2 aliphatic rings. The number of nitrogens with one attached hydrogen (secondary N) is 2. The summed E-state index contributed by atoms with van der Waals surface area (Å²) in [6.45, 7) is 13.9. The van der Waals surface area contributed by atoms with Crippen LogP contribution in [-0.2, 0) is 11.3 Å². The normalized spacial score (nSPS) is 21.8. The number of nitriles is 1. The largest absolute Gasteiger partial charge is 0.376 e. The van der Waals surface area contributed by atoms with Gasteiger partial charge in [-0.15, -0.1) is 0 Å². The van der Waals surface area contributed by atoms with E-state index < -0.39 is 0 Å². The summed E-state index contributed by atoms with van der Waals surface area (Å²) in [5.41, 5.74) is 5.01. The molecule has 0 unspecified atom stereocenters. The van der Waals surface area contributed by atoms with Gasteiger partial charge in [0.05, 0.1) is 35.3 Å². The van der Waals surface area contributed by atoms with Crippen LogP contribution < -0.4 is 5.32 Å². The predicted octanol–water partition coefficient (Wildman–Crippen LogP) is 6.33. The molecule has 1 aliphatic heterocycles. The van der Waals surface area contributed by atoms with E-state index in [-0.39, 0.29) is 11.2 Å². The van der Waals surface area contributed by atoms with E-state index in [1.54, 1.807) is 6.20 Å². The number of hydrogen-bond acceptors (Lipinski definition) is 5. The van der Waals surface area contributed by atoms with E-state index in [0.29, 0.717) is 23.6 Å². The minimum Gasteiger partial charge on any atom is -0.376 e. The number of ether oxygens (including phenoxy) is 1. The molecule has 3 heterocycles. The summed E-state index contributed by atoms with van der Waals surface area (Å²) in [6.07, 6.45) is 9.12. The molecular formula is C27H37N5O. The molecule has 6 nitrogen and oxygen atoms in total. The second kappa shape index (κ2) is 8.61. The van der Waals surface area contributed by atoms with Crippen LogP contribution in [0.3, 0.4) is 0 Å². The molecule has 0 saturated carbocycles. The van der Waals surface area contributed by atoms with Crippen LogP contribution >= 0.6 is 0 Å². The van der Waals surface area contributed by atoms with Crippen molar-refractivity contribution >= 4 is 11.3 Å². The highest BCUT2D eigenvalue weighted by molar-refractivity contribution is 5.74. The van der Waals surface area contributed by atoms with Crippen LogP contribution in [0.1, 0.15) is 102 Å². The number of pyridine rings is 1. The van der Waals surface area contributed by atoms with Gasteiger partial charge in [-0.1, -0.05) is 19.9 Å². The summed E-state index contributed by atoms with van der Waals surface area (Å²) >= 11 is 0. The van der Waals surface area contributed by atoms with Crippen molar-refractivity contribution in [1.82, 2.24) is 15.0 Å². The Kier molecular flexibility index (Phi) is 6.13. The zero-order valence-electron chi connectivity index (χ0n) is 20.9. The molecule has 0 atom stereocenters. The van der Waals surface area contributed by atoms with Gasteiger partial charge in [-0.3, -0.25) is 4.98 Å². The predicted molar refractivity (Wildman–Crippen MR) is 132 cm³/mol. The Morgan fingerprint density at radius 1 is 1.15 bits per heavy atom. The molecule has 33 heavy (non-hydrogen) atoms. The summed E-state index contributed by atoms with van der Waals surface area (Å²) in [5.74, 6) is 1.11. The second-order valence-corrected chi connectivity index (χ2v) is 11.7. The van der Waals surface area contributed by atoms with Gasteiger partial charge in [0, 0.05) is 11.6 Å². The molecule has 0 amide bonds. The lowest BCUT2D eigenvalue weighted by Crippen LogP contribution is -2.44. The Morgan fingerprint density at radius 3 is 2.48 bits per heavy atom. The lowest BCUT2D eigenvalue weighted by Gasteiger charge is -2.45. The van der Waals surface area contributed by atoms with Crippen molar-refractivity contribution in [1.29, 1.82) is 5.26 Å². The molecule has 1 saturated heterocycles. The number of hydrogen-bond donors (Lipinski definition) is 2. The van der Waals surface area contributed by atoms with Crippen LogP contribution in [0, 0.1) is 16.7 Å². The lowest BCUT2D eigenvalue weighted by molar-refractivity contribution is -0.162. The topological polar surface area (TPSA) is 86.6 Å². The molecule has 6 heteroatoms. The first-order chi connectivity index (χ1) is 15.5. The molecule has 2 aromatic heterocycles. The van der Waals surface area contributed by atoms with E-state index in [9.17, 15) is 0 Å². The average molecular weight is 448 g/mol. The first-order valence-electron chi connectivity index (χ1n) is 12.0. The Hall–Kier alpha value is -2.65. The monoisotopic (exact) mass is 447 g/mol. The van der Waals surface area contributed by atoms with Gasteiger partial charge in [-0.05, 0) is 82.9 Å². The number of rotatable bonds is 5. The maximum Gasteiger partial charge on any atom is 0.137 e. The van der Waals surface area contributed by atoms with Crippen LogP contribution in [-0.4, -0.2) is 26.2 Å². The quantitative estimate of drug-likeness (QED) is 0.559. The van der Waals surface area contributed by atoms with Crippen molar-refractivity contribution in [2.75, 3.05) is 5.32 Å². The van der Waals surface area contributed by atoms with E-state index in [4.69, 9.17) is 15.0 Å². The number of nitrogens with zero attached hydrogens (tertiary/aromatic N) is 3. The van der Waals surface area contributed by atoms with Gasteiger partial charge in [0.1, 0.15) is 17.6 Å². The second-order valence-electron chi connectivity index (χ2n) is 11.7. The molecule has 1 aliphatic carbocycles. The van der Waals surface area contributed by atoms with Crippen LogP contribution in [0.15, 0.2) is 24.4 Å². The number of aromatic amines is 1. The summed E-state index contributed by atoms with van der Waals surface area (Å²) in [4.78, 5) is 12.6. The van der Waals surface area contributed by atoms with Gasteiger partial charge in [0.25, 0.3) is 0 Å². The van der Waals surface area contributed by atoms with E-state index in [2.05, 4.69) is 81.1 Å². The van der Waals surface area contributed by atoms with Crippen molar-refractivity contribution in [3.05, 3.63) is 47.3 Å². The zero-order chi connectivity index (χ0) is 23.9. The number of allylic oxidation sites excluding steroid dienone is 2. The van der Waals surface area contributed by atoms with E-state index >= 15 is 0 Å². The molecule has 4 rings (SSSR count). The van der Waals surface area contributed by atoms with E-state index in [1.165, 1.54) is 5.57 Å². The van der Waals surface area contributed by atoms with Gasteiger partial charge in [0.2, 0.25) is 0 Å².